The summed E-state index contributed by atoms with van der Waals surface area (Å²) < 4.78 is 88.0. The first-order valence-electron chi connectivity index (χ1n) is 11.5. The van der Waals surface area contributed by atoms with Crippen molar-refractivity contribution in [1.29, 1.82) is 0 Å². The van der Waals surface area contributed by atoms with E-state index in [0.717, 1.165) is 0 Å². The minimum absolute atomic E-state index is 0.0734. The van der Waals surface area contributed by atoms with Crippen molar-refractivity contribution in [2.24, 2.45) is 0 Å². The van der Waals surface area contributed by atoms with Crippen molar-refractivity contribution in [3.63, 3.8) is 0 Å². The second-order valence-corrected chi connectivity index (χ2v) is 15.1. The zero-order valence-corrected chi connectivity index (χ0v) is 21.4. The van der Waals surface area contributed by atoms with Crippen LogP contribution < -0.4 is 15.9 Å². The molecule has 202 valence electrons. The molecular formula is C26H21F6N6P. The van der Waals surface area contributed by atoms with E-state index < -0.39 is 41.0 Å². The Kier molecular flexibility index (Phi) is 6.14. The number of hydrogen-bond donors (Lipinski definition) is 2. The molecule has 0 unspecified atom stereocenters. The third-order valence-electron chi connectivity index (χ3n) is 6.74. The molecule has 0 saturated heterocycles. The van der Waals surface area contributed by atoms with Crippen molar-refractivity contribution in [1.82, 2.24) is 30.4 Å². The molecule has 0 amide bonds. The molecule has 6 nitrogen and oxygen atoms in total. The molecule has 5 rings (SSSR count). The molecule has 0 aliphatic heterocycles. The fourth-order valence-corrected chi connectivity index (χ4v) is 10.1. The molecule has 0 fully saturated rings. The maximum atomic E-state index is 14.7. The number of rotatable bonds is 5. The Labute approximate surface area is 218 Å². The van der Waals surface area contributed by atoms with Gasteiger partial charge in [0.05, 0.1) is 0 Å². The fraction of sp³-hybridized carbons (Fsp3) is 0.154. The third kappa shape index (κ3) is 4.28. The van der Waals surface area contributed by atoms with E-state index >= 15 is 0 Å². The molecule has 0 aliphatic rings. The summed E-state index contributed by atoms with van der Waals surface area (Å²) in [5.41, 5.74) is -2.76. The second kappa shape index (κ2) is 9.01. The summed E-state index contributed by atoms with van der Waals surface area (Å²) >= 11 is 0. The van der Waals surface area contributed by atoms with Gasteiger partial charge >= 0.3 is 218 Å². The van der Waals surface area contributed by atoms with Crippen LogP contribution in [0.15, 0.2) is 79.1 Å². The Hall–Kier alpha value is -4.05. The van der Waals surface area contributed by atoms with Crippen LogP contribution in [0.2, 0.25) is 0 Å². The molecule has 0 aliphatic carbocycles. The van der Waals surface area contributed by atoms with Crippen molar-refractivity contribution in [3.8, 4) is 22.8 Å². The molecule has 4 aromatic heterocycles. The van der Waals surface area contributed by atoms with Crippen LogP contribution in [-0.2, 0) is 12.4 Å². The normalized spacial score (nSPS) is 13.7. The molecule has 4 heterocycles. The summed E-state index contributed by atoms with van der Waals surface area (Å²) in [6.07, 6.45) is -7.20. The van der Waals surface area contributed by atoms with Gasteiger partial charge in [0.2, 0.25) is 0 Å². The van der Waals surface area contributed by atoms with Crippen molar-refractivity contribution < 1.29 is 26.3 Å². The SMILES string of the molecule is CP(C)(c1ccccc1)(c1c(-c2ccccn2)n[nH]c1C(F)(F)F)c1c(-c2ccccn2)n[nH]c1C(F)(F)F. The quantitative estimate of drug-likeness (QED) is 0.223. The summed E-state index contributed by atoms with van der Waals surface area (Å²) in [4.78, 5) is 8.38. The first kappa shape index (κ1) is 26.6. The summed E-state index contributed by atoms with van der Waals surface area (Å²) in [7, 11) is 0. The van der Waals surface area contributed by atoms with Crippen molar-refractivity contribution in [2.45, 2.75) is 12.4 Å². The Morgan fingerprint density at radius 3 is 1.36 bits per heavy atom. The monoisotopic (exact) mass is 562 g/mol. The van der Waals surface area contributed by atoms with E-state index in [2.05, 4.69) is 30.4 Å². The molecule has 1 aromatic carbocycles. The van der Waals surface area contributed by atoms with Gasteiger partial charge in [0.15, 0.2) is 0 Å². The predicted molar refractivity (Wildman–Crippen MR) is 138 cm³/mol. The Bertz CT molecular complexity index is 1510. The standard InChI is InChI=1S/C26H21F6N6P/c1-39(2,16-10-4-3-5-11-16,21-19(17-12-6-8-14-33-17)35-37-23(21)25(27,28)29)22-20(18-13-7-9-15-34-18)36-38-24(22)26(30,31)32/h3-15H,1-2H3,(H,35,37)(H,36,38). The molecule has 0 spiro atoms. The fourth-order valence-electron chi connectivity index (χ4n) is 4.98. The average molecular weight is 562 g/mol. The van der Waals surface area contributed by atoms with Gasteiger partial charge in [-0.05, 0) is 0 Å². The van der Waals surface area contributed by atoms with Gasteiger partial charge in [-0.3, -0.25) is 0 Å². The Morgan fingerprint density at radius 1 is 0.590 bits per heavy atom. The van der Waals surface area contributed by atoms with E-state index in [4.69, 9.17) is 0 Å². The number of halogens is 6. The van der Waals surface area contributed by atoms with Gasteiger partial charge in [-0.1, -0.05) is 0 Å². The molecule has 0 atom stereocenters. The van der Waals surface area contributed by atoms with Crippen LogP contribution in [0.5, 0.6) is 0 Å². The molecule has 13 heteroatoms. The van der Waals surface area contributed by atoms with Gasteiger partial charge in [0.25, 0.3) is 0 Å². The predicted octanol–water partition coefficient (Wildman–Crippen LogP) is 5.38. The zero-order chi connectivity index (χ0) is 28.1. The number of alkyl halides is 6. The van der Waals surface area contributed by atoms with E-state index in [9.17, 15) is 26.3 Å². The van der Waals surface area contributed by atoms with E-state index in [1.807, 2.05) is 0 Å². The zero-order valence-electron chi connectivity index (χ0n) is 20.5. The number of H-pyrrole nitrogens is 2. The number of hydrogen-bond acceptors (Lipinski definition) is 4. The van der Waals surface area contributed by atoms with Crippen LogP contribution in [0.4, 0.5) is 26.3 Å². The van der Waals surface area contributed by atoms with Crippen molar-refractivity contribution in [2.75, 3.05) is 13.3 Å². The molecule has 0 radical (unpaired) electrons. The first-order valence-corrected chi connectivity index (χ1v) is 14.7. The number of benzene rings is 1. The van der Waals surface area contributed by atoms with Crippen molar-refractivity contribution >= 4 is 22.5 Å². The number of nitrogens with zero attached hydrogens (tertiary/aromatic N) is 4. The van der Waals surface area contributed by atoms with Gasteiger partial charge in [0, 0.05) is 0 Å². The number of aromatic nitrogens is 6. The van der Waals surface area contributed by atoms with Gasteiger partial charge < -0.3 is 0 Å². The number of pyridine rings is 2. The topological polar surface area (TPSA) is 83.1 Å². The van der Waals surface area contributed by atoms with Gasteiger partial charge in [-0.25, -0.2) is 0 Å². The molecular weight excluding hydrogens is 541 g/mol. The second-order valence-electron chi connectivity index (χ2n) is 9.48. The maximum absolute atomic E-state index is 14.7. The summed E-state index contributed by atoms with van der Waals surface area (Å²) in [5.74, 6) is 0. The van der Waals surface area contributed by atoms with Gasteiger partial charge in [-0.2, -0.15) is 0 Å². The van der Waals surface area contributed by atoms with Crippen LogP contribution >= 0.6 is 6.60 Å². The molecule has 0 saturated carbocycles. The van der Waals surface area contributed by atoms with Crippen LogP contribution in [-0.4, -0.2) is 43.7 Å². The third-order valence-corrected chi connectivity index (χ3v) is 12.1. The van der Waals surface area contributed by atoms with Crippen LogP contribution in [0.1, 0.15) is 11.4 Å². The Morgan fingerprint density at radius 2 is 1.00 bits per heavy atom. The first-order chi connectivity index (χ1) is 18.3. The van der Waals surface area contributed by atoms with Crippen LogP contribution in [0.25, 0.3) is 22.8 Å². The van der Waals surface area contributed by atoms with E-state index in [1.54, 1.807) is 42.5 Å². The molecule has 39 heavy (non-hydrogen) atoms. The molecule has 5 aromatic rings. The van der Waals surface area contributed by atoms with Gasteiger partial charge in [-0.15, -0.1) is 0 Å². The summed E-state index contributed by atoms with van der Waals surface area (Å²) in [6.45, 7) is -1.89. The van der Waals surface area contributed by atoms with E-state index in [0.29, 0.717) is 0 Å². The summed E-state index contributed by atoms with van der Waals surface area (Å²) in [5, 5.41) is 11.6. The van der Waals surface area contributed by atoms with E-state index in [-0.39, 0.29) is 28.1 Å². The van der Waals surface area contributed by atoms with Gasteiger partial charge in [0.1, 0.15) is 0 Å². The van der Waals surface area contributed by atoms with Crippen LogP contribution in [0.3, 0.4) is 0 Å². The van der Waals surface area contributed by atoms with Crippen LogP contribution in [0, 0.1) is 0 Å². The molecule has 2 N–H and O–H groups in total. The Balaban J connectivity index is 2.03. The number of nitrogens with one attached hydrogen (secondary N) is 2. The minimum atomic E-state index is -4.98. The van der Waals surface area contributed by atoms with Crippen molar-refractivity contribution in [3.05, 3.63) is 90.5 Å². The van der Waals surface area contributed by atoms with E-state index in [1.165, 1.54) is 50.0 Å². The molecule has 0 bridgehead atoms. The summed E-state index contributed by atoms with van der Waals surface area (Å²) in [6, 6.07) is 17.0. The number of aromatic amines is 2. The average Bonchev–Trinajstić information content (AvgIpc) is 3.57.